The molecule has 0 saturated carbocycles. The van der Waals surface area contributed by atoms with E-state index in [1.807, 2.05) is 18.9 Å². The Balaban J connectivity index is 1.74. The van der Waals surface area contributed by atoms with E-state index >= 15 is 0 Å². The lowest BCUT2D eigenvalue weighted by Gasteiger charge is -2.23. The smallest absolute Gasteiger partial charge is 0.243 e. The Morgan fingerprint density at radius 3 is 2.82 bits per heavy atom. The maximum absolute atomic E-state index is 12.8. The normalized spacial score (nSPS) is 12.2. The number of carbonyl (C=O) groups is 1. The summed E-state index contributed by atoms with van der Waals surface area (Å²) in [5.41, 5.74) is 0. The molecule has 0 aliphatic carbocycles. The average molecular weight is 323 g/mol. The topological polar surface area (TPSA) is 54.5 Å². The van der Waals surface area contributed by atoms with Crippen LogP contribution >= 0.6 is 11.3 Å². The van der Waals surface area contributed by atoms with Crippen molar-refractivity contribution in [2.75, 3.05) is 25.5 Å². The number of nitrogens with zero attached hydrogens (tertiary/aromatic N) is 2. The minimum absolute atomic E-state index is 0.112. The lowest BCUT2D eigenvalue weighted by molar-refractivity contribution is -0.120. The molecule has 1 N–H and O–H groups in total. The number of nitrogens with one attached hydrogen (secondary N) is 1. The second kappa shape index (κ2) is 7.86. The SMILES string of the molecule is CC(C(=O)Nc1nccs1)N(C)CCOc1ccc(F)cc1. The summed E-state index contributed by atoms with van der Waals surface area (Å²) in [6.45, 7) is 2.81. The van der Waals surface area contributed by atoms with Gasteiger partial charge in [0.15, 0.2) is 5.13 Å². The number of likely N-dealkylation sites (N-methyl/N-ethyl adjacent to an activating group) is 1. The summed E-state index contributed by atoms with van der Waals surface area (Å²) in [5, 5.41) is 5.16. The highest BCUT2D eigenvalue weighted by Crippen LogP contribution is 2.12. The van der Waals surface area contributed by atoms with Crippen molar-refractivity contribution in [2.45, 2.75) is 13.0 Å². The number of hydrogen-bond donors (Lipinski definition) is 1. The number of ether oxygens (including phenoxy) is 1. The molecule has 0 aliphatic rings. The fourth-order valence-electron chi connectivity index (χ4n) is 1.73. The van der Waals surface area contributed by atoms with E-state index in [1.165, 1.54) is 23.5 Å². The molecule has 1 amide bonds. The van der Waals surface area contributed by atoms with Crippen molar-refractivity contribution in [2.24, 2.45) is 0 Å². The van der Waals surface area contributed by atoms with E-state index in [-0.39, 0.29) is 17.8 Å². The Bertz CT molecular complexity index is 589. The lowest BCUT2D eigenvalue weighted by Crippen LogP contribution is -2.41. The van der Waals surface area contributed by atoms with Crippen molar-refractivity contribution < 1.29 is 13.9 Å². The Labute approximate surface area is 132 Å². The number of thiazole rings is 1. The van der Waals surface area contributed by atoms with Gasteiger partial charge in [0.1, 0.15) is 18.2 Å². The highest BCUT2D eigenvalue weighted by molar-refractivity contribution is 7.13. The van der Waals surface area contributed by atoms with Crippen molar-refractivity contribution in [1.29, 1.82) is 0 Å². The van der Waals surface area contributed by atoms with Crippen LogP contribution in [0.25, 0.3) is 0 Å². The van der Waals surface area contributed by atoms with Gasteiger partial charge in [-0.1, -0.05) is 0 Å². The molecule has 0 bridgehead atoms. The number of carbonyl (C=O) groups excluding carboxylic acids is 1. The highest BCUT2D eigenvalue weighted by atomic mass is 32.1. The van der Waals surface area contributed by atoms with Crippen LogP contribution in [-0.2, 0) is 4.79 Å². The zero-order valence-electron chi connectivity index (χ0n) is 12.5. The second-order valence-corrected chi connectivity index (χ2v) is 5.68. The van der Waals surface area contributed by atoms with Gasteiger partial charge in [-0.05, 0) is 38.2 Å². The summed E-state index contributed by atoms with van der Waals surface area (Å²) >= 11 is 1.38. The summed E-state index contributed by atoms with van der Waals surface area (Å²) in [4.78, 5) is 18.0. The van der Waals surface area contributed by atoms with Crippen molar-refractivity contribution in [3.8, 4) is 5.75 Å². The maximum atomic E-state index is 12.8. The number of aromatic nitrogens is 1. The molecule has 2 rings (SSSR count). The summed E-state index contributed by atoms with van der Waals surface area (Å²) in [7, 11) is 1.85. The molecule has 0 aliphatic heterocycles. The van der Waals surface area contributed by atoms with Crippen LogP contribution in [0.2, 0.25) is 0 Å². The van der Waals surface area contributed by atoms with Gasteiger partial charge in [-0.15, -0.1) is 11.3 Å². The van der Waals surface area contributed by atoms with Gasteiger partial charge in [0, 0.05) is 18.1 Å². The van der Waals surface area contributed by atoms with E-state index in [2.05, 4.69) is 10.3 Å². The quantitative estimate of drug-likeness (QED) is 0.851. The van der Waals surface area contributed by atoms with Crippen LogP contribution < -0.4 is 10.1 Å². The molecule has 0 spiro atoms. The molecule has 1 unspecified atom stereocenters. The maximum Gasteiger partial charge on any atom is 0.243 e. The molecular formula is C15H18FN3O2S. The summed E-state index contributed by atoms with van der Waals surface area (Å²) in [6.07, 6.45) is 1.64. The van der Waals surface area contributed by atoms with E-state index in [4.69, 9.17) is 4.74 Å². The monoisotopic (exact) mass is 323 g/mol. The molecule has 1 aromatic heterocycles. The van der Waals surface area contributed by atoms with E-state index < -0.39 is 0 Å². The molecule has 5 nitrogen and oxygen atoms in total. The van der Waals surface area contributed by atoms with Crippen LogP contribution in [0, 0.1) is 5.82 Å². The van der Waals surface area contributed by atoms with Crippen LogP contribution in [0.15, 0.2) is 35.8 Å². The number of amides is 1. The van der Waals surface area contributed by atoms with Crippen molar-refractivity contribution in [3.05, 3.63) is 41.7 Å². The van der Waals surface area contributed by atoms with E-state index in [0.29, 0.717) is 24.0 Å². The zero-order chi connectivity index (χ0) is 15.9. The van der Waals surface area contributed by atoms with Gasteiger partial charge in [-0.25, -0.2) is 9.37 Å². The lowest BCUT2D eigenvalue weighted by atomic mass is 10.3. The third-order valence-electron chi connectivity index (χ3n) is 3.23. The first-order chi connectivity index (χ1) is 10.6. The van der Waals surface area contributed by atoms with Gasteiger partial charge in [-0.3, -0.25) is 9.69 Å². The van der Waals surface area contributed by atoms with Gasteiger partial charge in [0.25, 0.3) is 0 Å². The second-order valence-electron chi connectivity index (χ2n) is 4.79. The van der Waals surface area contributed by atoms with Crippen molar-refractivity contribution in [3.63, 3.8) is 0 Å². The Kier molecular flexibility index (Phi) is 5.85. The van der Waals surface area contributed by atoms with E-state index in [0.717, 1.165) is 0 Å². The van der Waals surface area contributed by atoms with Gasteiger partial charge < -0.3 is 10.1 Å². The van der Waals surface area contributed by atoms with Crippen LogP contribution in [0.3, 0.4) is 0 Å². The van der Waals surface area contributed by atoms with Gasteiger partial charge >= 0.3 is 0 Å². The largest absolute Gasteiger partial charge is 0.492 e. The number of halogens is 1. The molecule has 1 aromatic carbocycles. The zero-order valence-corrected chi connectivity index (χ0v) is 13.3. The molecule has 118 valence electrons. The minimum Gasteiger partial charge on any atom is -0.492 e. The van der Waals surface area contributed by atoms with Gasteiger partial charge in [-0.2, -0.15) is 0 Å². The molecular weight excluding hydrogens is 305 g/mol. The predicted octanol–water partition coefficient (Wildman–Crippen LogP) is 2.62. The minimum atomic E-state index is -0.305. The third kappa shape index (κ3) is 4.78. The molecule has 0 radical (unpaired) electrons. The fraction of sp³-hybridized carbons (Fsp3) is 0.333. The third-order valence-corrected chi connectivity index (χ3v) is 3.92. The van der Waals surface area contributed by atoms with Crippen LogP contribution in [0.1, 0.15) is 6.92 Å². The number of rotatable bonds is 7. The first kappa shape index (κ1) is 16.4. The predicted molar refractivity (Wildman–Crippen MR) is 84.7 cm³/mol. The van der Waals surface area contributed by atoms with Crippen LogP contribution in [0.5, 0.6) is 5.75 Å². The van der Waals surface area contributed by atoms with Crippen molar-refractivity contribution in [1.82, 2.24) is 9.88 Å². The molecule has 0 saturated heterocycles. The van der Waals surface area contributed by atoms with Crippen LogP contribution in [-0.4, -0.2) is 42.0 Å². The Hall–Kier alpha value is -1.99. The Morgan fingerprint density at radius 2 is 2.18 bits per heavy atom. The first-order valence-electron chi connectivity index (χ1n) is 6.85. The summed E-state index contributed by atoms with van der Waals surface area (Å²) in [6, 6.07) is 5.55. The highest BCUT2D eigenvalue weighted by Gasteiger charge is 2.18. The number of benzene rings is 1. The van der Waals surface area contributed by atoms with Gasteiger partial charge in [0.05, 0.1) is 6.04 Å². The summed E-state index contributed by atoms with van der Waals surface area (Å²) < 4.78 is 18.3. The van der Waals surface area contributed by atoms with E-state index in [1.54, 1.807) is 23.7 Å². The molecule has 1 heterocycles. The number of hydrogen-bond acceptors (Lipinski definition) is 5. The summed E-state index contributed by atoms with van der Waals surface area (Å²) in [5.74, 6) is 0.200. The first-order valence-corrected chi connectivity index (χ1v) is 7.73. The fourth-order valence-corrected chi connectivity index (χ4v) is 2.26. The Morgan fingerprint density at radius 1 is 1.45 bits per heavy atom. The molecule has 2 aromatic rings. The molecule has 0 fully saturated rings. The van der Waals surface area contributed by atoms with Gasteiger partial charge in [0.2, 0.25) is 5.91 Å². The molecule has 7 heteroatoms. The van der Waals surface area contributed by atoms with E-state index in [9.17, 15) is 9.18 Å². The standard InChI is InChI=1S/C15H18FN3O2S/c1-11(14(20)18-15-17-7-10-22-15)19(2)8-9-21-13-5-3-12(16)4-6-13/h3-7,10-11H,8-9H2,1-2H3,(H,17,18,20). The van der Waals surface area contributed by atoms with Crippen LogP contribution in [0.4, 0.5) is 9.52 Å². The van der Waals surface area contributed by atoms with Crippen molar-refractivity contribution >= 4 is 22.4 Å². The molecule has 1 atom stereocenters. The average Bonchev–Trinajstić information content (AvgIpc) is 3.01. The number of anilines is 1. The molecule has 22 heavy (non-hydrogen) atoms.